The largest absolute Gasteiger partial charge is 0.464 e. The molecule has 0 bridgehead atoms. The molecule has 1 saturated heterocycles. The van der Waals surface area contributed by atoms with E-state index in [1.165, 1.54) is 25.1 Å². The van der Waals surface area contributed by atoms with Crippen LogP contribution >= 0.6 is 0 Å². The molecule has 1 aliphatic heterocycles. The standard InChI is InChI=1S/C24H28N4O6/c1-3-34-24(31)20(15-18-7-5-4-6-8-18)25-23(30)19-9-10-21(22(16-19)28(32)33)27-13-11-26(12-14-27)17(2)29/h4-10,16,20H,3,11-15H2,1-2H3,(H,25,30). The molecular formula is C24H28N4O6. The zero-order valence-corrected chi connectivity index (χ0v) is 19.2. The lowest BCUT2D eigenvalue weighted by molar-refractivity contribution is -0.384. The van der Waals surface area contributed by atoms with Crippen LogP contribution in [-0.2, 0) is 20.7 Å². The van der Waals surface area contributed by atoms with E-state index in [-0.39, 0.29) is 30.2 Å². The van der Waals surface area contributed by atoms with Crippen molar-refractivity contribution in [2.75, 3.05) is 37.7 Å². The van der Waals surface area contributed by atoms with E-state index in [9.17, 15) is 24.5 Å². The third kappa shape index (κ3) is 6.09. The summed E-state index contributed by atoms with van der Waals surface area (Å²) >= 11 is 0. The molecule has 34 heavy (non-hydrogen) atoms. The molecule has 1 unspecified atom stereocenters. The Balaban J connectivity index is 1.79. The molecule has 0 radical (unpaired) electrons. The number of amides is 2. The average Bonchev–Trinajstić information content (AvgIpc) is 2.84. The van der Waals surface area contributed by atoms with E-state index < -0.39 is 22.8 Å². The number of benzene rings is 2. The molecule has 180 valence electrons. The number of rotatable bonds is 8. The fourth-order valence-electron chi connectivity index (χ4n) is 3.87. The molecule has 2 amide bonds. The molecule has 10 nitrogen and oxygen atoms in total. The molecule has 1 heterocycles. The van der Waals surface area contributed by atoms with Gasteiger partial charge in [-0.3, -0.25) is 19.7 Å². The SMILES string of the molecule is CCOC(=O)C(Cc1ccccc1)NC(=O)c1ccc(N2CCN(C(C)=O)CC2)c([N+](=O)[O-])c1. The zero-order valence-electron chi connectivity index (χ0n) is 19.2. The van der Waals surface area contributed by atoms with Gasteiger partial charge in [0.05, 0.1) is 11.5 Å². The van der Waals surface area contributed by atoms with Crippen molar-refractivity contribution in [3.63, 3.8) is 0 Å². The second-order valence-corrected chi connectivity index (χ2v) is 7.92. The first-order chi connectivity index (χ1) is 16.3. The van der Waals surface area contributed by atoms with Crippen molar-refractivity contribution in [1.82, 2.24) is 10.2 Å². The number of hydrogen-bond acceptors (Lipinski definition) is 7. The number of hydrogen-bond donors (Lipinski definition) is 1. The van der Waals surface area contributed by atoms with Gasteiger partial charge in [-0.2, -0.15) is 0 Å². The second kappa shape index (κ2) is 11.3. The Hall–Kier alpha value is -3.95. The van der Waals surface area contributed by atoms with Crippen LogP contribution in [0.3, 0.4) is 0 Å². The molecule has 10 heteroatoms. The van der Waals surface area contributed by atoms with E-state index in [1.54, 1.807) is 11.8 Å². The number of ether oxygens (including phenoxy) is 1. The number of piperazine rings is 1. The molecule has 0 saturated carbocycles. The number of nitrogens with zero attached hydrogens (tertiary/aromatic N) is 3. The Kier molecular flexibility index (Phi) is 8.18. The maximum absolute atomic E-state index is 12.9. The van der Waals surface area contributed by atoms with Gasteiger partial charge in [-0.1, -0.05) is 30.3 Å². The number of carbonyl (C=O) groups excluding carboxylic acids is 3. The lowest BCUT2D eigenvalue weighted by atomic mass is 10.0. The van der Waals surface area contributed by atoms with E-state index in [0.717, 1.165) is 5.56 Å². The molecule has 1 N–H and O–H groups in total. The average molecular weight is 469 g/mol. The predicted molar refractivity (Wildman–Crippen MR) is 126 cm³/mol. The summed E-state index contributed by atoms with van der Waals surface area (Å²) in [6, 6.07) is 12.5. The Labute approximate surface area is 197 Å². The van der Waals surface area contributed by atoms with Crippen LogP contribution in [0.2, 0.25) is 0 Å². The maximum atomic E-state index is 12.9. The quantitative estimate of drug-likeness (QED) is 0.358. The van der Waals surface area contributed by atoms with Gasteiger partial charge in [0.25, 0.3) is 11.6 Å². The van der Waals surface area contributed by atoms with Crippen molar-refractivity contribution in [3.05, 3.63) is 69.8 Å². The molecule has 2 aromatic rings. The van der Waals surface area contributed by atoms with Crippen molar-refractivity contribution in [2.45, 2.75) is 26.3 Å². The molecule has 1 aliphatic rings. The summed E-state index contributed by atoms with van der Waals surface area (Å²) in [5.41, 5.74) is 1.09. The summed E-state index contributed by atoms with van der Waals surface area (Å²) in [4.78, 5) is 51.7. The van der Waals surface area contributed by atoms with E-state index >= 15 is 0 Å². The maximum Gasteiger partial charge on any atom is 0.328 e. The molecule has 3 rings (SSSR count). The van der Waals surface area contributed by atoms with Crippen LogP contribution in [0.4, 0.5) is 11.4 Å². The van der Waals surface area contributed by atoms with Crippen molar-refractivity contribution in [3.8, 4) is 0 Å². The Bertz CT molecular complexity index is 1050. The van der Waals surface area contributed by atoms with Crippen LogP contribution in [0.15, 0.2) is 48.5 Å². The Morgan fingerprint density at radius 3 is 2.35 bits per heavy atom. The molecule has 0 aliphatic carbocycles. The summed E-state index contributed by atoms with van der Waals surface area (Å²) < 4.78 is 5.10. The topological polar surface area (TPSA) is 122 Å². The Morgan fingerprint density at radius 1 is 1.09 bits per heavy atom. The highest BCUT2D eigenvalue weighted by molar-refractivity contribution is 5.98. The highest BCUT2D eigenvalue weighted by Crippen LogP contribution is 2.30. The molecule has 2 aromatic carbocycles. The first-order valence-corrected chi connectivity index (χ1v) is 11.1. The highest BCUT2D eigenvalue weighted by atomic mass is 16.6. The van der Waals surface area contributed by atoms with Gasteiger partial charge in [-0.05, 0) is 24.6 Å². The second-order valence-electron chi connectivity index (χ2n) is 7.92. The number of nitrogens with one attached hydrogen (secondary N) is 1. The number of anilines is 1. The van der Waals surface area contributed by atoms with Gasteiger partial charge in [-0.25, -0.2) is 4.79 Å². The van der Waals surface area contributed by atoms with E-state index in [0.29, 0.717) is 31.9 Å². The minimum atomic E-state index is -0.937. The van der Waals surface area contributed by atoms with Crippen LogP contribution < -0.4 is 10.2 Å². The smallest absolute Gasteiger partial charge is 0.328 e. The highest BCUT2D eigenvalue weighted by Gasteiger charge is 2.28. The molecule has 0 aromatic heterocycles. The molecular weight excluding hydrogens is 440 g/mol. The summed E-state index contributed by atoms with van der Waals surface area (Å²) in [7, 11) is 0. The van der Waals surface area contributed by atoms with Gasteiger partial charge < -0.3 is 19.9 Å². The van der Waals surface area contributed by atoms with E-state index in [2.05, 4.69) is 5.32 Å². The number of nitro groups is 1. The van der Waals surface area contributed by atoms with Crippen LogP contribution in [0.5, 0.6) is 0 Å². The van der Waals surface area contributed by atoms with Crippen LogP contribution in [0.1, 0.15) is 29.8 Å². The minimum absolute atomic E-state index is 0.0344. The lowest BCUT2D eigenvalue weighted by Crippen LogP contribution is -2.48. The monoisotopic (exact) mass is 468 g/mol. The van der Waals surface area contributed by atoms with Gasteiger partial charge in [0.1, 0.15) is 11.7 Å². The van der Waals surface area contributed by atoms with Gasteiger partial charge >= 0.3 is 5.97 Å². The summed E-state index contributed by atoms with van der Waals surface area (Å²) in [5.74, 6) is -1.22. The third-order valence-electron chi connectivity index (χ3n) is 5.66. The van der Waals surface area contributed by atoms with E-state index in [4.69, 9.17) is 4.74 Å². The predicted octanol–water partition coefficient (Wildman–Crippen LogP) is 2.17. The van der Waals surface area contributed by atoms with Crippen molar-refractivity contribution in [1.29, 1.82) is 0 Å². The molecule has 0 spiro atoms. The Morgan fingerprint density at radius 2 is 1.76 bits per heavy atom. The first-order valence-electron chi connectivity index (χ1n) is 11.1. The van der Waals surface area contributed by atoms with Crippen LogP contribution in [0.25, 0.3) is 0 Å². The fraction of sp³-hybridized carbons (Fsp3) is 0.375. The fourth-order valence-corrected chi connectivity index (χ4v) is 3.87. The van der Waals surface area contributed by atoms with Crippen molar-refractivity contribution in [2.24, 2.45) is 0 Å². The number of esters is 1. The van der Waals surface area contributed by atoms with Gasteiger partial charge in [0.15, 0.2) is 0 Å². The summed E-state index contributed by atoms with van der Waals surface area (Å²) in [5, 5.41) is 14.4. The van der Waals surface area contributed by atoms with Gasteiger partial charge in [0, 0.05) is 51.2 Å². The van der Waals surface area contributed by atoms with Crippen LogP contribution in [-0.4, -0.2) is 66.4 Å². The van der Waals surface area contributed by atoms with Crippen molar-refractivity contribution >= 4 is 29.2 Å². The number of carbonyl (C=O) groups is 3. The van der Waals surface area contributed by atoms with Gasteiger partial charge in [0.2, 0.25) is 5.91 Å². The third-order valence-corrected chi connectivity index (χ3v) is 5.66. The molecule has 1 fully saturated rings. The molecule has 1 atom stereocenters. The van der Waals surface area contributed by atoms with Crippen molar-refractivity contribution < 1.29 is 24.0 Å². The first kappa shape index (κ1) is 24.7. The number of nitro benzene ring substituents is 1. The normalized spacial score (nSPS) is 14.3. The summed E-state index contributed by atoms with van der Waals surface area (Å²) in [6.07, 6.45) is 0.228. The zero-order chi connectivity index (χ0) is 24.7. The van der Waals surface area contributed by atoms with E-state index in [1.807, 2.05) is 35.2 Å². The minimum Gasteiger partial charge on any atom is -0.464 e. The summed E-state index contributed by atoms with van der Waals surface area (Å²) in [6.45, 7) is 5.17. The van der Waals surface area contributed by atoms with Crippen LogP contribution in [0, 0.1) is 10.1 Å². The lowest BCUT2D eigenvalue weighted by Gasteiger charge is -2.35. The van der Waals surface area contributed by atoms with Gasteiger partial charge in [-0.15, -0.1) is 0 Å².